The third-order valence-electron chi connectivity index (χ3n) is 17.9. The number of carbonyl (C=O) groups is 13. The van der Waals surface area contributed by atoms with Crippen LogP contribution in [-0.4, -0.2) is 135 Å². The molecular weight excluding hydrogens is 1240 g/mol. The first-order chi connectivity index (χ1) is 46.0. The summed E-state index contributed by atoms with van der Waals surface area (Å²) in [6, 6.07) is -2.36. The third-order valence-corrected chi connectivity index (χ3v) is 17.9. The smallest absolute Gasteiger partial charge is 0.326 e. The van der Waals surface area contributed by atoms with E-state index in [9.17, 15) is 72.5 Å². The molecule has 0 unspecified atom stereocenters. The Kier molecular flexibility index (Phi) is 57.6. The molecule has 0 saturated carbocycles. The summed E-state index contributed by atoms with van der Waals surface area (Å²) in [4.78, 5) is 156. The molecular formula is C74H136N6O17. The number of hydrogen-bond acceptors (Lipinski definition) is 15. The van der Waals surface area contributed by atoms with Gasteiger partial charge in [-0.2, -0.15) is 0 Å². The van der Waals surface area contributed by atoms with Crippen LogP contribution in [0.5, 0.6) is 0 Å². The van der Waals surface area contributed by atoms with E-state index in [1.807, 2.05) is 20.8 Å². The third kappa shape index (κ3) is 56.6. The van der Waals surface area contributed by atoms with Crippen molar-refractivity contribution in [1.82, 2.24) is 21.3 Å². The van der Waals surface area contributed by atoms with Crippen LogP contribution in [0.15, 0.2) is 0 Å². The molecule has 0 aliphatic rings. The Balaban J connectivity index is -0.000000994. The fraction of sp³-hybridized carbons (Fsp3) is 0.824. The summed E-state index contributed by atoms with van der Waals surface area (Å²) in [7, 11) is 1.53. The number of Topliss-reactive ketones (excluding diaryl/α,β-unsaturated/α-hetero) is 5. The minimum absolute atomic E-state index is 0. The van der Waals surface area contributed by atoms with Gasteiger partial charge < -0.3 is 53.2 Å². The topological polar surface area (TPSA) is 403 Å². The molecule has 0 spiro atoms. The lowest BCUT2D eigenvalue weighted by atomic mass is 9.79. The van der Waals surface area contributed by atoms with E-state index >= 15 is 0 Å². The number of likely N-dealkylation sites (N-methyl/N-ethyl adjacent to an activating group) is 1. The summed E-state index contributed by atoms with van der Waals surface area (Å²) in [5, 5.41) is 46.9. The number of ketones is 5. The number of carboxylic acids is 4. The first-order valence-electron chi connectivity index (χ1n) is 37.1. The molecule has 23 heteroatoms. The van der Waals surface area contributed by atoms with E-state index in [1.165, 1.54) is 14.0 Å². The average Bonchev–Trinajstić information content (AvgIpc) is 0.899. The second-order valence-corrected chi connectivity index (χ2v) is 27.8. The van der Waals surface area contributed by atoms with Crippen LogP contribution in [-0.2, 0) is 62.3 Å². The standard InChI is InChI=1S/C47H83N3O10.C27H49N3O7.2H2/c1-6-7-17-25-37(34-42(54)47(3,4)5)41(53)33-36(35(2)51)24-22-23-32-49-45(58)39(48)27-19-16-18-26-38(52)30-31-40(46(59)60)50-43(55)28-20-14-12-10-8-9-11-13-15-21-29-44(56)57;1-29-26(35)23(28)15-12-13-19-30-24(32)18-17-21(27(36)37)20-22(31)14-10-8-6-4-2-3-5-7-9-11-16-25(33)34;;/h36-37,39-40H,6-34,48H2,1-5H3,(H,49,58)(H,50,55)(H,56,57)(H,59,60);21,23H,2-20,28H2,1H3,(H,29,35)(H,30,32)(H,33,34)(H,36,37);2*1H/t36-,37-,39+,40+;21-,23+;;/m11../s1. The highest BCUT2D eigenvalue weighted by molar-refractivity contribution is 5.93. The first-order valence-corrected chi connectivity index (χ1v) is 37.1. The van der Waals surface area contributed by atoms with Gasteiger partial charge in [-0.25, -0.2) is 4.79 Å². The zero-order chi connectivity index (χ0) is 73.2. The highest BCUT2D eigenvalue weighted by atomic mass is 16.4. The van der Waals surface area contributed by atoms with E-state index in [1.54, 1.807) is 0 Å². The number of nitrogens with one attached hydrogen (secondary N) is 4. The van der Waals surface area contributed by atoms with Gasteiger partial charge in [0.05, 0.1) is 18.0 Å². The number of unbranched alkanes of at least 4 members (excludes halogenated alkanes) is 24. The number of rotatable bonds is 65. The zero-order valence-electron chi connectivity index (χ0n) is 60.7. The van der Waals surface area contributed by atoms with Crippen molar-refractivity contribution in [2.45, 2.75) is 348 Å². The van der Waals surface area contributed by atoms with Crippen molar-refractivity contribution in [1.29, 1.82) is 0 Å². The van der Waals surface area contributed by atoms with Crippen LogP contribution < -0.4 is 32.7 Å². The normalized spacial score (nSPS) is 13.1. The average molecular weight is 1380 g/mol. The van der Waals surface area contributed by atoms with E-state index in [0.29, 0.717) is 96.6 Å². The van der Waals surface area contributed by atoms with E-state index in [4.69, 9.17) is 21.7 Å². The van der Waals surface area contributed by atoms with E-state index in [-0.39, 0.29) is 132 Å². The van der Waals surface area contributed by atoms with Crippen LogP contribution in [0, 0.1) is 23.2 Å². The van der Waals surface area contributed by atoms with Crippen LogP contribution in [0.25, 0.3) is 0 Å². The van der Waals surface area contributed by atoms with Crippen molar-refractivity contribution in [3.8, 4) is 0 Å². The Morgan fingerprint density at radius 3 is 1.28 bits per heavy atom. The summed E-state index contributed by atoms with van der Waals surface area (Å²) in [5.41, 5.74) is 11.3. The molecule has 564 valence electrons. The Hall–Kier alpha value is -5.97. The number of nitrogens with two attached hydrogens (primary N) is 2. The predicted molar refractivity (Wildman–Crippen MR) is 381 cm³/mol. The molecule has 0 fully saturated rings. The van der Waals surface area contributed by atoms with E-state index in [2.05, 4.69) is 28.2 Å². The molecule has 0 bridgehead atoms. The van der Waals surface area contributed by atoms with E-state index < -0.39 is 59.3 Å². The summed E-state index contributed by atoms with van der Waals surface area (Å²) in [5.74, 6) is -6.48. The molecule has 0 aromatic carbocycles. The molecule has 0 aromatic heterocycles. The monoisotopic (exact) mass is 1380 g/mol. The zero-order valence-corrected chi connectivity index (χ0v) is 60.7. The first kappa shape index (κ1) is 93.1. The maximum Gasteiger partial charge on any atom is 0.326 e. The molecule has 6 atom stereocenters. The summed E-state index contributed by atoms with van der Waals surface area (Å²) in [6.07, 6.45) is 31.4. The maximum atomic E-state index is 13.3. The van der Waals surface area contributed by atoms with Crippen molar-refractivity contribution < 1.29 is 85.6 Å². The van der Waals surface area contributed by atoms with Crippen LogP contribution in [0.1, 0.15) is 333 Å². The Labute approximate surface area is 584 Å². The highest BCUT2D eigenvalue weighted by Crippen LogP contribution is 2.27. The lowest BCUT2D eigenvalue weighted by molar-refractivity contribution is -0.144. The molecule has 0 radical (unpaired) electrons. The number of aliphatic carboxylic acids is 4. The Bertz CT molecular complexity index is 2290. The van der Waals surface area contributed by atoms with Gasteiger partial charge in [-0.15, -0.1) is 0 Å². The second-order valence-electron chi connectivity index (χ2n) is 27.8. The molecule has 0 aromatic rings. The second kappa shape index (κ2) is 60.0. The van der Waals surface area contributed by atoms with Gasteiger partial charge in [0, 0.05) is 104 Å². The molecule has 0 aliphatic carbocycles. The van der Waals surface area contributed by atoms with Crippen LogP contribution in [0.4, 0.5) is 0 Å². The van der Waals surface area contributed by atoms with Crippen LogP contribution in [0.2, 0.25) is 0 Å². The van der Waals surface area contributed by atoms with Crippen molar-refractivity contribution >= 4 is 76.4 Å². The minimum Gasteiger partial charge on any atom is -0.481 e. The SMILES string of the molecule is CCCCC[C@H](CC(=O)C(C)(C)C)C(=O)C[C@@H](CCCCNC(=O)[C@@H](N)CCCCCC(=O)CC[C@H](NC(=O)CCCCCCCCCCCCC(=O)O)C(=O)O)C(C)=O.CNC(=O)[C@@H](N)CCCCNC(=O)CC[C@H](CC(=O)CCCCCCCCCCCCC(=O)O)C(=O)O.[HH].[HH]. The van der Waals surface area contributed by atoms with Crippen molar-refractivity contribution in [3.63, 3.8) is 0 Å². The van der Waals surface area contributed by atoms with Gasteiger partial charge >= 0.3 is 23.9 Å². The van der Waals surface area contributed by atoms with Gasteiger partial charge in [-0.3, -0.25) is 57.5 Å². The number of carboxylic acid groups (broad SMARTS) is 4. The van der Waals surface area contributed by atoms with Gasteiger partial charge in [-0.1, -0.05) is 169 Å². The molecule has 0 saturated heterocycles. The van der Waals surface area contributed by atoms with Gasteiger partial charge in [0.25, 0.3) is 0 Å². The number of carbonyl (C=O) groups excluding carboxylic acids is 9. The fourth-order valence-electron chi connectivity index (χ4n) is 11.3. The summed E-state index contributed by atoms with van der Waals surface area (Å²) in [6.45, 7) is 10.0. The molecule has 0 rings (SSSR count). The quantitative estimate of drug-likeness (QED) is 0.0253. The molecule has 23 nitrogen and oxygen atoms in total. The van der Waals surface area contributed by atoms with Crippen molar-refractivity contribution in [3.05, 3.63) is 0 Å². The maximum absolute atomic E-state index is 13.3. The summed E-state index contributed by atoms with van der Waals surface area (Å²) >= 11 is 0. The van der Waals surface area contributed by atoms with Crippen LogP contribution in [0.3, 0.4) is 0 Å². The molecule has 0 aliphatic heterocycles. The molecule has 0 heterocycles. The molecule has 4 amide bonds. The largest absolute Gasteiger partial charge is 0.481 e. The van der Waals surface area contributed by atoms with Crippen molar-refractivity contribution in [2.75, 3.05) is 20.1 Å². The van der Waals surface area contributed by atoms with Crippen LogP contribution >= 0.6 is 0 Å². The van der Waals surface area contributed by atoms with Crippen molar-refractivity contribution in [2.24, 2.45) is 34.6 Å². The number of amides is 4. The molecule has 12 N–H and O–H groups in total. The lowest BCUT2D eigenvalue weighted by Crippen LogP contribution is -2.41. The Morgan fingerprint density at radius 1 is 0.392 bits per heavy atom. The molecule has 97 heavy (non-hydrogen) atoms. The predicted octanol–water partition coefficient (Wildman–Crippen LogP) is 12.6. The van der Waals surface area contributed by atoms with Gasteiger partial charge in [0.2, 0.25) is 23.6 Å². The van der Waals surface area contributed by atoms with Gasteiger partial charge in [-0.05, 0) is 96.8 Å². The lowest BCUT2D eigenvalue weighted by Gasteiger charge is -2.23. The Morgan fingerprint density at radius 2 is 0.814 bits per heavy atom. The minimum atomic E-state index is -1.16. The highest BCUT2D eigenvalue weighted by Gasteiger charge is 2.31. The summed E-state index contributed by atoms with van der Waals surface area (Å²) < 4.78 is 0. The van der Waals surface area contributed by atoms with Gasteiger partial charge in [0.15, 0.2) is 0 Å². The number of hydrogen-bond donors (Lipinski definition) is 10. The van der Waals surface area contributed by atoms with Gasteiger partial charge in [0.1, 0.15) is 35.0 Å². The fourth-order valence-corrected chi connectivity index (χ4v) is 11.3. The van der Waals surface area contributed by atoms with E-state index in [0.717, 1.165) is 141 Å².